The molecule has 0 aliphatic carbocycles. The fourth-order valence-electron chi connectivity index (χ4n) is 1.77. The molecular formula is C11H14N2O. The molecule has 1 heterocycles. The van der Waals surface area contributed by atoms with Gasteiger partial charge < -0.3 is 15.8 Å². The number of rotatable bonds is 2. The Morgan fingerprint density at radius 3 is 2.93 bits per heavy atom. The minimum Gasteiger partial charge on any atom is -0.506 e. The van der Waals surface area contributed by atoms with Gasteiger partial charge >= 0.3 is 0 Å². The number of aryl methyl sites for hydroxylation is 1. The lowest BCUT2D eigenvalue weighted by atomic mass is 10.1. The Balaban J connectivity index is 2.66. The van der Waals surface area contributed by atoms with Crippen LogP contribution in [0.3, 0.4) is 0 Å². The second-order valence-corrected chi connectivity index (χ2v) is 3.56. The van der Waals surface area contributed by atoms with Gasteiger partial charge in [0.1, 0.15) is 5.75 Å². The molecule has 0 spiro atoms. The fraction of sp³-hybridized carbons (Fsp3) is 0.273. The number of phenols is 1. The van der Waals surface area contributed by atoms with Gasteiger partial charge in [-0.15, -0.1) is 0 Å². The van der Waals surface area contributed by atoms with Crippen molar-refractivity contribution in [3.63, 3.8) is 0 Å². The van der Waals surface area contributed by atoms with Crippen molar-refractivity contribution in [2.75, 3.05) is 6.54 Å². The average molecular weight is 190 g/mol. The van der Waals surface area contributed by atoms with Crippen LogP contribution in [0, 0.1) is 6.92 Å². The van der Waals surface area contributed by atoms with Crippen LogP contribution in [0.5, 0.6) is 5.75 Å². The molecule has 0 radical (unpaired) electrons. The molecule has 2 rings (SSSR count). The van der Waals surface area contributed by atoms with E-state index in [2.05, 4.69) is 11.1 Å². The highest BCUT2D eigenvalue weighted by atomic mass is 16.3. The third-order valence-electron chi connectivity index (χ3n) is 2.41. The second kappa shape index (κ2) is 3.35. The molecule has 0 aliphatic heterocycles. The molecule has 0 unspecified atom stereocenters. The van der Waals surface area contributed by atoms with E-state index >= 15 is 0 Å². The van der Waals surface area contributed by atoms with Crippen molar-refractivity contribution in [3.05, 3.63) is 29.5 Å². The van der Waals surface area contributed by atoms with Gasteiger partial charge in [0.2, 0.25) is 0 Å². The average Bonchev–Trinajstić information content (AvgIpc) is 2.49. The van der Waals surface area contributed by atoms with Gasteiger partial charge in [-0.2, -0.15) is 0 Å². The van der Waals surface area contributed by atoms with E-state index in [9.17, 15) is 5.11 Å². The normalized spacial score (nSPS) is 11.0. The van der Waals surface area contributed by atoms with E-state index in [4.69, 9.17) is 5.73 Å². The quantitative estimate of drug-likeness (QED) is 0.674. The van der Waals surface area contributed by atoms with Gasteiger partial charge in [0.25, 0.3) is 0 Å². The van der Waals surface area contributed by atoms with Crippen LogP contribution in [0.4, 0.5) is 0 Å². The third kappa shape index (κ3) is 1.36. The number of aromatic hydroxyl groups is 1. The summed E-state index contributed by atoms with van der Waals surface area (Å²) in [6.45, 7) is 2.60. The first-order valence-corrected chi connectivity index (χ1v) is 4.72. The standard InChI is InChI=1S/C11H14N2O/c1-7-4-9-8(2-3-12)6-13-11(9)10(14)5-7/h4-6,13-14H,2-3,12H2,1H3. The number of benzene rings is 1. The lowest BCUT2D eigenvalue weighted by Crippen LogP contribution is -2.01. The minimum absolute atomic E-state index is 0.309. The highest BCUT2D eigenvalue weighted by Gasteiger charge is 2.06. The highest BCUT2D eigenvalue weighted by molar-refractivity contribution is 5.88. The van der Waals surface area contributed by atoms with Crippen molar-refractivity contribution >= 4 is 10.9 Å². The summed E-state index contributed by atoms with van der Waals surface area (Å²) >= 11 is 0. The van der Waals surface area contributed by atoms with Crippen LogP contribution in [0.1, 0.15) is 11.1 Å². The van der Waals surface area contributed by atoms with Crippen molar-refractivity contribution in [3.8, 4) is 5.75 Å². The van der Waals surface area contributed by atoms with Crippen molar-refractivity contribution in [1.29, 1.82) is 0 Å². The number of aromatic nitrogens is 1. The summed E-state index contributed by atoms with van der Waals surface area (Å²) in [5.74, 6) is 0.309. The van der Waals surface area contributed by atoms with E-state index in [1.807, 2.05) is 13.1 Å². The fourth-order valence-corrected chi connectivity index (χ4v) is 1.77. The molecule has 0 saturated carbocycles. The van der Waals surface area contributed by atoms with E-state index < -0.39 is 0 Å². The first-order valence-electron chi connectivity index (χ1n) is 4.72. The van der Waals surface area contributed by atoms with Crippen LogP contribution in [0.15, 0.2) is 18.3 Å². The number of aromatic amines is 1. The van der Waals surface area contributed by atoms with Gasteiger partial charge in [-0.25, -0.2) is 0 Å². The van der Waals surface area contributed by atoms with E-state index in [0.29, 0.717) is 12.3 Å². The monoisotopic (exact) mass is 190 g/mol. The topological polar surface area (TPSA) is 62.0 Å². The molecule has 0 fully saturated rings. The molecule has 1 aromatic heterocycles. The van der Waals surface area contributed by atoms with E-state index in [1.165, 1.54) is 5.56 Å². The zero-order valence-electron chi connectivity index (χ0n) is 8.17. The number of hydrogen-bond donors (Lipinski definition) is 3. The number of phenolic OH excluding ortho intramolecular Hbond substituents is 1. The van der Waals surface area contributed by atoms with Crippen LogP contribution in [0.25, 0.3) is 10.9 Å². The molecule has 0 atom stereocenters. The third-order valence-corrected chi connectivity index (χ3v) is 2.41. The van der Waals surface area contributed by atoms with Gasteiger partial charge in [0, 0.05) is 11.6 Å². The van der Waals surface area contributed by atoms with Gasteiger partial charge in [0.15, 0.2) is 0 Å². The number of hydrogen-bond acceptors (Lipinski definition) is 2. The molecule has 0 bridgehead atoms. The van der Waals surface area contributed by atoms with Crippen molar-refractivity contribution in [1.82, 2.24) is 4.98 Å². The van der Waals surface area contributed by atoms with Crippen LogP contribution >= 0.6 is 0 Å². The van der Waals surface area contributed by atoms with Crippen LogP contribution in [-0.2, 0) is 6.42 Å². The van der Waals surface area contributed by atoms with E-state index in [1.54, 1.807) is 6.07 Å². The zero-order valence-corrected chi connectivity index (χ0v) is 8.17. The zero-order chi connectivity index (χ0) is 10.1. The van der Waals surface area contributed by atoms with Gasteiger partial charge in [-0.05, 0) is 43.1 Å². The predicted molar refractivity (Wildman–Crippen MR) is 57.5 cm³/mol. The Bertz CT molecular complexity index is 460. The molecule has 1 aromatic carbocycles. The maximum atomic E-state index is 9.67. The van der Waals surface area contributed by atoms with Crippen molar-refractivity contribution in [2.45, 2.75) is 13.3 Å². The Labute approximate surface area is 82.6 Å². The molecule has 3 nitrogen and oxygen atoms in total. The van der Waals surface area contributed by atoms with Crippen molar-refractivity contribution < 1.29 is 5.11 Å². The highest BCUT2D eigenvalue weighted by Crippen LogP contribution is 2.28. The van der Waals surface area contributed by atoms with Crippen molar-refractivity contribution in [2.24, 2.45) is 5.73 Å². The van der Waals surface area contributed by atoms with Gasteiger partial charge in [-0.1, -0.05) is 0 Å². The second-order valence-electron chi connectivity index (χ2n) is 3.56. The van der Waals surface area contributed by atoms with Crippen LogP contribution in [-0.4, -0.2) is 16.6 Å². The van der Waals surface area contributed by atoms with Gasteiger partial charge in [0.05, 0.1) is 5.52 Å². The smallest absolute Gasteiger partial charge is 0.139 e. The van der Waals surface area contributed by atoms with Gasteiger partial charge in [-0.3, -0.25) is 0 Å². The molecule has 74 valence electrons. The summed E-state index contributed by atoms with van der Waals surface area (Å²) < 4.78 is 0. The summed E-state index contributed by atoms with van der Waals surface area (Å²) in [5.41, 5.74) is 8.55. The summed E-state index contributed by atoms with van der Waals surface area (Å²) in [6, 6.07) is 3.82. The minimum atomic E-state index is 0.309. The Morgan fingerprint density at radius 2 is 2.21 bits per heavy atom. The van der Waals surface area contributed by atoms with E-state index in [0.717, 1.165) is 22.9 Å². The molecule has 4 N–H and O–H groups in total. The maximum absolute atomic E-state index is 9.67. The summed E-state index contributed by atoms with van der Waals surface area (Å²) in [6.07, 6.45) is 2.75. The number of H-pyrrole nitrogens is 1. The molecule has 0 amide bonds. The first-order chi connectivity index (χ1) is 6.72. The van der Waals surface area contributed by atoms with Crippen LogP contribution in [0.2, 0.25) is 0 Å². The molecule has 14 heavy (non-hydrogen) atoms. The molecule has 0 aliphatic rings. The largest absolute Gasteiger partial charge is 0.506 e. The van der Waals surface area contributed by atoms with E-state index in [-0.39, 0.29) is 0 Å². The Kier molecular flexibility index (Phi) is 2.17. The number of nitrogens with two attached hydrogens (primary N) is 1. The molecular weight excluding hydrogens is 176 g/mol. The Hall–Kier alpha value is -1.48. The number of nitrogens with one attached hydrogen (secondary N) is 1. The summed E-state index contributed by atoms with van der Waals surface area (Å²) in [4.78, 5) is 3.06. The summed E-state index contributed by atoms with van der Waals surface area (Å²) in [5, 5.41) is 10.7. The SMILES string of the molecule is Cc1cc(O)c2[nH]cc(CCN)c2c1. The molecule has 3 heteroatoms. The lowest BCUT2D eigenvalue weighted by Gasteiger charge is -2.00. The lowest BCUT2D eigenvalue weighted by molar-refractivity contribution is 0.480. The molecule has 2 aromatic rings. The van der Waals surface area contributed by atoms with Crippen LogP contribution < -0.4 is 5.73 Å². The number of fused-ring (bicyclic) bond motifs is 1. The first kappa shape index (κ1) is 9.09. The predicted octanol–water partition coefficient (Wildman–Crippen LogP) is 1.68. The molecule has 0 saturated heterocycles. The maximum Gasteiger partial charge on any atom is 0.139 e. The Morgan fingerprint density at radius 1 is 1.43 bits per heavy atom. The summed E-state index contributed by atoms with van der Waals surface area (Å²) in [7, 11) is 0.